The van der Waals surface area contributed by atoms with Gasteiger partial charge in [-0.1, -0.05) is 84.5 Å². The Labute approximate surface area is 140 Å². The molecule has 2 N–H and O–H groups in total. The van der Waals surface area contributed by atoms with Crippen LogP contribution in [0.25, 0.3) is 0 Å². The molecule has 0 aromatic carbocycles. The Kier molecular flexibility index (Phi) is 46.8. The van der Waals surface area contributed by atoms with Crippen molar-refractivity contribution in [3.63, 3.8) is 0 Å². The van der Waals surface area contributed by atoms with Gasteiger partial charge >= 0.3 is 0 Å². The first-order valence-electron chi connectivity index (χ1n) is 7.78. The van der Waals surface area contributed by atoms with Gasteiger partial charge in [0.05, 0.1) is 0 Å². The Hall–Kier alpha value is -1.86. The second-order valence-corrected chi connectivity index (χ2v) is 4.76. The second-order valence-electron chi connectivity index (χ2n) is 4.76. The first-order chi connectivity index (χ1) is 10.7. The molecule has 6 nitrogen and oxygen atoms in total. The fraction of sp³-hybridized carbons (Fsp3) is 0.824. The summed E-state index contributed by atoms with van der Waals surface area (Å²) in [6.45, 7) is 0. The second kappa shape index (κ2) is 36.9. The third-order valence-electron chi connectivity index (χ3n) is 3.09. The standard InChI is InChI=1S/2C6H12.C2H3NO.2CHNO.CH4/c2*1-2-4-6-5-3-1;1-3-2-4;2*2-1-3;/h2*1-6H2;1H3;2*2H;1H4. The molecule has 2 rings (SSSR count). The van der Waals surface area contributed by atoms with Gasteiger partial charge < -0.3 is 0 Å². The van der Waals surface area contributed by atoms with E-state index < -0.39 is 0 Å². The fourth-order valence-corrected chi connectivity index (χ4v) is 2.12. The van der Waals surface area contributed by atoms with E-state index in [1.807, 2.05) is 0 Å². The molecule has 134 valence electrons. The summed E-state index contributed by atoms with van der Waals surface area (Å²) in [7, 11) is 1.38. The molecular formula is C17H33N3O3. The summed E-state index contributed by atoms with van der Waals surface area (Å²) in [6, 6.07) is 0. The maximum Gasteiger partial charge on any atom is 0.234 e. The van der Waals surface area contributed by atoms with E-state index in [1.54, 1.807) is 0 Å². The predicted molar refractivity (Wildman–Crippen MR) is 93.0 cm³/mol. The lowest BCUT2D eigenvalue weighted by Crippen LogP contribution is -1.85. The average Bonchev–Trinajstić information content (AvgIpc) is 2.60. The Bertz CT molecular complexity index is 260. The van der Waals surface area contributed by atoms with Crippen molar-refractivity contribution in [2.24, 2.45) is 4.99 Å². The van der Waals surface area contributed by atoms with Crippen molar-refractivity contribution in [2.75, 3.05) is 7.05 Å². The highest BCUT2D eigenvalue weighted by Crippen LogP contribution is 2.15. The minimum atomic E-state index is 0. The SMILES string of the molecule is C.C1CCCCC1.C1CCCCC1.CN=C=O.N=C=O.N=C=O. The lowest BCUT2D eigenvalue weighted by Gasteiger charge is -2.05. The van der Waals surface area contributed by atoms with Crippen LogP contribution in [0.5, 0.6) is 0 Å². The Morgan fingerprint density at radius 1 is 0.609 bits per heavy atom. The molecule has 0 heterocycles. The van der Waals surface area contributed by atoms with Gasteiger partial charge in [-0.2, -0.15) is 0 Å². The van der Waals surface area contributed by atoms with E-state index in [-0.39, 0.29) is 7.43 Å². The highest BCUT2D eigenvalue weighted by Gasteiger charge is 1.96. The summed E-state index contributed by atoms with van der Waals surface area (Å²) in [5.41, 5.74) is 0. The van der Waals surface area contributed by atoms with Gasteiger partial charge in [-0.3, -0.25) is 0 Å². The molecule has 2 aliphatic carbocycles. The van der Waals surface area contributed by atoms with Crippen molar-refractivity contribution in [2.45, 2.75) is 84.5 Å². The summed E-state index contributed by atoms with van der Waals surface area (Å²) < 4.78 is 0. The van der Waals surface area contributed by atoms with Crippen LogP contribution in [0.1, 0.15) is 84.5 Å². The molecule has 6 heteroatoms. The van der Waals surface area contributed by atoms with E-state index in [4.69, 9.17) is 25.2 Å². The van der Waals surface area contributed by atoms with Crippen molar-refractivity contribution in [1.82, 2.24) is 0 Å². The molecule has 2 fully saturated rings. The molecule has 0 unspecified atom stereocenters. The highest BCUT2D eigenvalue weighted by atomic mass is 16.1. The molecule has 0 aromatic heterocycles. The predicted octanol–water partition coefficient (Wildman–Crippen LogP) is 5.07. The third-order valence-corrected chi connectivity index (χ3v) is 3.09. The van der Waals surface area contributed by atoms with Crippen LogP contribution in [-0.4, -0.2) is 25.3 Å². The maximum absolute atomic E-state index is 8.88. The summed E-state index contributed by atoms with van der Waals surface area (Å²) >= 11 is 0. The third kappa shape index (κ3) is 53.4. The molecule has 0 radical (unpaired) electrons. The van der Waals surface area contributed by atoms with E-state index in [0.717, 1.165) is 12.2 Å². The van der Waals surface area contributed by atoms with E-state index >= 15 is 0 Å². The number of nitrogens with one attached hydrogen (secondary N) is 2. The Balaban J connectivity index is -0.000000101. The first kappa shape index (κ1) is 29.2. The fourth-order valence-electron chi connectivity index (χ4n) is 2.12. The van der Waals surface area contributed by atoms with E-state index in [1.165, 1.54) is 90.2 Å². The monoisotopic (exact) mass is 327 g/mol. The molecular weight excluding hydrogens is 294 g/mol. The largest absolute Gasteiger partial charge is 0.234 e. The van der Waals surface area contributed by atoms with Crippen LogP contribution in [0.2, 0.25) is 0 Å². The van der Waals surface area contributed by atoms with Crippen LogP contribution in [0.3, 0.4) is 0 Å². The maximum atomic E-state index is 8.88. The summed E-state index contributed by atoms with van der Waals surface area (Å²) in [4.78, 5) is 28.5. The normalized spacial score (nSPS) is 14.0. The molecule has 0 bridgehead atoms. The smallest absolute Gasteiger partial charge is 0.222 e. The molecule has 0 atom stereocenters. The van der Waals surface area contributed by atoms with E-state index in [2.05, 4.69) is 4.99 Å². The molecule has 0 saturated heterocycles. The van der Waals surface area contributed by atoms with Crippen molar-refractivity contribution in [1.29, 1.82) is 10.8 Å². The van der Waals surface area contributed by atoms with Gasteiger partial charge in [-0.15, -0.1) is 0 Å². The van der Waals surface area contributed by atoms with Gasteiger partial charge in [0.1, 0.15) is 0 Å². The molecule has 2 saturated carbocycles. The van der Waals surface area contributed by atoms with Crippen LogP contribution < -0.4 is 0 Å². The van der Waals surface area contributed by atoms with Gasteiger partial charge in [0.15, 0.2) is 0 Å². The molecule has 0 aromatic rings. The number of hydrogen-bond acceptors (Lipinski definition) is 6. The zero-order valence-electron chi connectivity index (χ0n) is 13.7. The van der Waals surface area contributed by atoms with Gasteiger partial charge in [0.25, 0.3) is 0 Å². The molecule has 0 spiro atoms. The Morgan fingerprint density at radius 3 is 0.739 bits per heavy atom. The number of aliphatic imine (C=N–C) groups is 1. The zero-order valence-corrected chi connectivity index (χ0v) is 13.7. The van der Waals surface area contributed by atoms with Gasteiger partial charge in [0, 0.05) is 7.05 Å². The van der Waals surface area contributed by atoms with Crippen molar-refractivity contribution in [3.05, 3.63) is 0 Å². The highest BCUT2D eigenvalue weighted by molar-refractivity contribution is 5.32. The number of carbonyl (C=O) groups excluding carboxylic acids is 3. The summed E-state index contributed by atoms with van der Waals surface area (Å²) in [5.74, 6) is 0. The minimum Gasteiger partial charge on any atom is -0.222 e. The first-order valence-corrected chi connectivity index (χ1v) is 7.78. The lowest BCUT2D eigenvalue weighted by atomic mass is 10.0. The van der Waals surface area contributed by atoms with Crippen LogP contribution in [0.15, 0.2) is 4.99 Å². The molecule has 0 aliphatic heterocycles. The van der Waals surface area contributed by atoms with Gasteiger partial charge in [-0.25, -0.2) is 30.2 Å². The quantitative estimate of drug-likeness (QED) is 0.478. The number of isocyanates is 3. The minimum absolute atomic E-state index is 0. The van der Waals surface area contributed by atoms with Crippen LogP contribution in [-0.2, 0) is 14.4 Å². The van der Waals surface area contributed by atoms with Crippen LogP contribution in [0.4, 0.5) is 0 Å². The van der Waals surface area contributed by atoms with E-state index in [0.29, 0.717) is 0 Å². The average molecular weight is 327 g/mol. The number of rotatable bonds is 0. The van der Waals surface area contributed by atoms with Gasteiger partial charge in [0.2, 0.25) is 18.2 Å². The van der Waals surface area contributed by atoms with Gasteiger partial charge in [-0.05, 0) is 0 Å². The zero-order chi connectivity index (χ0) is 17.3. The lowest BCUT2D eigenvalue weighted by molar-refractivity contribution is 0.504. The van der Waals surface area contributed by atoms with Crippen molar-refractivity contribution < 1.29 is 14.4 Å². The molecule has 23 heavy (non-hydrogen) atoms. The summed E-state index contributed by atoms with van der Waals surface area (Å²) in [6.07, 6.45) is 20.8. The topological polar surface area (TPSA) is 111 Å². The van der Waals surface area contributed by atoms with E-state index in [9.17, 15) is 0 Å². The van der Waals surface area contributed by atoms with Crippen molar-refractivity contribution >= 4 is 18.2 Å². The number of hydrogen-bond donors (Lipinski definition) is 2. The summed E-state index contributed by atoms with van der Waals surface area (Å²) in [5, 5.41) is 10.8. The Morgan fingerprint density at radius 2 is 0.696 bits per heavy atom. The molecule has 2 aliphatic rings. The van der Waals surface area contributed by atoms with Crippen LogP contribution >= 0.6 is 0 Å². The number of nitrogens with zero attached hydrogens (tertiary/aromatic N) is 1. The molecule has 0 amide bonds. The van der Waals surface area contributed by atoms with Crippen LogP contribution in [0, 0.1) is 10.8 Å². The van der Waals surface area contributed by atoms with Crippen molar-refractivity contribution in [3.8, 4) is 0 Å².